The van der Waals surface area contributed by atoms with Crippen molar-refractivity contribution in [2.45, 2.75) is 57.2 Å². The molecule has 1 aromatic rings. The standard InChI is InChI=1S/C17H23NO4/c1-13(19)5-6-14-7-9-17(22-14)8-3-10-18(12-17)16(20)15-4-2-11-21-15/h2,4,11,14H,3,5-10,12H2,1H3/t14-,17+/m1/s1. The summed E-state index contributed by atoms with van der Waals surface area (Å²) in [6.45, 7) is 3.00. The summed E-state index contributed by atoms with van der Waals surface area (Å²) in [4.78, 5) is 25.4. The van der Waals surface area contributed by atoms with E-state index in [1.807, 2.05) is 4.90 Å². The lowest BCUT2D eigenvalue weighted by Crippen LogP contribution is -2.50. The number of carbonyl (C=O) groups excluding carboxylic acids is 2. The number of piperidine rings is 1. The van der Waals surface area contributed by atoms with Crippen molar-refractivity contribution in [3.8, 4) is 0 Å². The van der Waals surface area contributed by atoms with Gasteiger partial charge in [0.05, 0.1) is 24.5 Å². The van der Waals surface area contributed by atoms with Crippen molar-refractivity contribution in [3.63, 3.8) is 0 Å². The summed E-state index contributed by atoms with van der Waals surface area (Å²) in [6.07, 6.45) is 6.95. The minimum atomic E-state index is -0.220. The van der Waals surface area contributed by atoms with Crippen LogP contribution in [0.3, 0.4) is 0 Å². The van der Waals surface area contributed by atoms with E-state index in [1.54, 1.807) is 19.1 Å². The Morgan fingerprint density at radius 2 is 2.27 bits per heavy atom. The molecular formula is C17H23NO4. The molecule has 1 amide bonds. The number of Topliss-reactive ketones (excluding diaryl/α,β-unsaturated/α-hetero) is 1. The van der Waals surface area contributed by atoms with Crippen LogP contribution in [0.1, 0.15) is 56.0 Å². The van der Waals surface area contributed by atoms with Gasteiger partial charge in [0, 0.05) is 13.0 Å². The molecule has 0 aliphatic carbocycles. The van der Waals surface area contributed by atoms with Gasteiger partial charge in [-0.3, -0.25) is 4.79 Å². The SMILES string of the molecule is CC(=O)CC[C@@H]1CC[C@]2(CCCN(C(=O)c3ccco3)C2)O1. The molecule has 120 valence electrons. The van der Waals surface area contributed by atoms with Gasteiger partial charge in [-0.25, -0.2) is 0 Å². The van der Waals surface area contributed by atoms with Crippen LogP contribution in [-0.4, -0.2) is 41.4 Å². The fraction of sp³-hybridized carbons (Fsp3) is 0.647. The van der Waals surface area contributed by atoms with Gasteiger partial charge in [0.15, 0.2) is 5.76 Å². The maximum absolute atomic E-state index is 12.4. The Balaban J connectivity index is 1.61. The third-order valence-corrected chi connectivity index (χ3v) is 4.72. The van der Waals surface area contributed by atoms with E-state index in [0.717, 1.165) is 38.6 Å². The second-order valence-corrected chi connectivity index (χ2v) is 6.51. The molecule has 0 aromatic carbocycles. The van der Waals surface area contributed by atoms with Gasteiger partial charge in [-0.2, -0.15) is 0 Å². The van der Waals surface area contributed by atoms with E-state index >= 15 is 0 Å². The average molecular weight is 305 g/mol. The summed E-state index contributed by atoms with van der Waals surface area (Å²) in [5, 5.41) is 0. The molecule has 0 radical (unpaired) electrons. The number of hydrogen-bond acceptors (Lipinski definition) is 4. The Kier molecular flexibility index (Phi) is 4.34. The van der Waals surface area contributed by atoms with Crippen LogP contribution >= 0.6 is 0 Å². The third-order valence-electron chi connectivity index (χ3n) is 4.72. The van der Waals surface area contributed by atoms with Crippen molar-refractivity contribution in [2.24, 2.45) is 0 Å². The van der Waals surface area contributed by atoms with Crippen LogP contribution in [0.25, 0.3) is 0 Å². The first-order valence-corrected chi connectivity index (χ1v) is 8.08. The Morgan fingerprint density at radius 3 is 3.00 bits per heavy atom. The molecule has 2 aliphatic heterocycles. The van der Waals surface area contributed by atoms with E-state index in [0.29, 0.717) is 18.7 Å². The van der Waals surface area contributed by atoms with Crippen LogP contribution in [0.15, 0.2) is 22.8 Å². The first-order valence-electron chi connectivity index (χ1n) is 8.08. The molecule has 2 atom stereocenters. The van der Waals surface area contributed by atoms with Crippen molar-refractivity contribution < 1.29 is 18.7 Å². The van der Waals surface area contributed by atoms with Gasteiger partial charge in [0.25, 0.3) is 5.91 Å². The van der Waals surface area contributed by atoms with Gasteiger partial charge in [-0.15, -0.1) is 0 Å². The molecule has 5 heteroatoms. The minimum Gasteiger partial charge on any atom is -0.459 e. The van der Waals surface area contributed by atoms with E-state index in [-0.39, 0.29) is 23.4 Å². The predicted octanol–water partition coefficient (Wildman–Crippen LogP) is 2.80. The molecule has 2 aliphatic rings. The zero-order valence-corrected chi connectivity index (χ0v) is 13.0. The maximum atomic E-state index is 12.4. The van der Waals surface area contributed by atoms with Crippen LogP contribution < -0.4 is 0 Å². The number of furan rings is 1. The largest absolute Gasteiger partial charge is 0.459 e. The van der Waals surface area contributed by atoms with Crippen molar-refractivity contribution in [1.29, 1.82) is 0 Å². The molecule has 2 saturated heterocycles. The first kappa shape index (κ1) is 15.3. The number of nitrogens with zero attached hydrogens (tertiary/aromatic N) is 1. The van der Waals surface area contributed by atoms with Crippen LogP contribution in [0.5, 0.6) is 0 Å². The second kappa shape index (κ2) is 6.24. The Hall–Kier alpha value is -1.62. The highest BCUT2D eigenvalue weighted by atomic mass is 16.5. The van der Waals surface area contributed by atoms with Gasteiger partial charge in [0.2, 0.25) is 0 Å². The van der Waals surface area contributed by atoms with Crippen molar-refractivity contribution >= 4 is 11.7 Å². The average Bonchev–Trinajstić information content (AvgIpc) is 3.15. The minimum absolute atomic E-state index is 0.0557. The summed E-state index contributed by atoms with van der Waals surface area (Å²) in [5.41, 5.74) is -0.220. The summed E-state index contributed by atoms with van der Waals surface area (Å²) in [6, 6.07) is 3.44. The fourth-order valence-electron chi connectivity index (χ4n) is 3.59. The van der Waals surface area contributed by atoms with E-state index < -0.39 is 0 Å². The zero-order chi connectivity index (χ0) is 15.6. The first-order chi connectivity index (χ1) is 10.6. The molecule has 1 spiro atoms. The van der Waals surface area contributed by atoms with Gasteiger partial charge in [-0.05, 0) is 51.2 Å². The van der Waals surface area contributed by atoms with E-state index in [2.05, 4.69) is 0 Å². The second-order valence-electron chi connectivity index (χ2n) is 6.51. The van der Waals surface area contributed by atoms with Crippen LogP contribution in [0, 0.1) is 0 Å². The molecule has 0 bridgehead atoms. The smallest absolute Gasteiger partial charge is 0.289 e. The molecule has 3 rings (SSSR count). The van der Waals surface area contributed by atoms with Gasteiger partial charge in [0.1, 0.15) is 5.78 Å². The van der Waals surface area contributed by atoms with Crippen molar-refractivity contribution in [1.82, 2.24) is 4.90 Å². The molecule has 0 N–H and O–H groups in total. The normalized spacial score (nSPS) is 28.2. The quantitative estimate of drug-likeness (QED) is 0.858. The molecule has 0 saturated carbocycles. The lowest BCUT2D eigenvalue weighted by Gasteiger charge is -2.40. The monoisotopic (exact) mass is 305 g/mol. The number of likely N-dealkylation sites (tertiary alicyclic amines) is 1. The predicted molar refractivity (Wildman–Crippen MR) is 80.6 cm³/mol. The number of hydrogen-bond donors (Lipinski definition) is 0. The Morgan fingerprint density at radius 1 is 1.41 bits per heavy atom. The number of carbonyl (C=O) groups is 2. The van der Waals surface area contributed by atoms with Gasteiger partial charge in [-0.1, -0.05) is 0 Å². The van der Waals surface area contributed by atoms with E-state index in [4.69, 9.17) is 9.15 Å². The Labute approximate surface area is 130 Å². The number of ketones is 1. The summed E-state index contributed by atoms with van der Waals surface area (Å²) in [5.74, 6) is 0.547. The number of rotatable bonds is 4. The molecule has 0 unspecified atom stereocenters. The lowest BCUT2D eigenvalue weighted by atomic mass is 9.89. The molecule has 1 aromatic heterocycles. The third kappa shape index (κ3) is 3.24. The summed E-state index contributed by atoms with van der Waals surface area (Å²) in [7, 11) is 0. The molecule has 2 fully saturated rings. The number of ether oxygens (including phenoxy) is 1. The highest BCUT2D eigenvalue weighted by Gasteiger charge is 2.44. The zero-order valence-electron chi connectivity index (χ0n) is 13.0. The highest BCUT2D eigenvalue weighted by molar-refractivity contribution is 5.91. The van der Waals surface area contributed by atoms with Gasteiger partial charge < -0.3 is 18.8 Å². The Bertz CT molecular complexity index is 539. The van der Waals surface area contributed by atoms with Gasteiger partial charge >= 0.3 is 0 Å². The van der Waals surface area contributed by atoms with E-state index in [1.165, 1.54) is 6.26 Å². The summed E-state index contributed by atoms with van der Waals surface area (Å²) >= 11 is 0. The van der Waals surface area contributed by atoms with E-state index in [9.17, 15) is 9.59 Å². The van der Waals surface area contributed by atoms with Crippen LogP contribution in [-0.2, 0) is 9.53 Å². The molecule has 5 nitrogen and oxygen atoms in total. The molecular weight excluding hydrogens is 282 g/mol. The topological polar surface area (TPSA) is 59.8 Å². The van der Waals surface area contributed by atoms with Crippen molar-refractivity contribution in [2.75, 3.05) is 13.1 Å². The number of amides is 1. The summed E-state index contributed by atoms with van der Waals surface area (Å²) < 4.78 is 11.5. The highest BCUT2D eigenvalue weighted by Crippen LogP contribution is 2.39. The molecule has 3 heterocycles. The maximum Gasteiger partial charge on any atom is 0.289 e. The fourth-order valence-corrected chi connectivity index (χ4v) is 3.59. The van der Waals surface area contributed by atoms with Crippen LogP contribution in [0.4, 0.5) is 0 Å². The van der Waals surface area contributed by atoms with Crippen LogP contribution in [0.2, 0.25) is 0 Å². The molecule has 22 heavy (non-hydrogen) atoms. The van der Waals surface area contributed by atoms with Crippen molar-refractivity contribution in [3.05, 3.63) is 24.2 Å². The lowest BCUT2D eigenvalue weighted by molar-refractivity contribution is -0.118.